The van der Waals surface area contributed by atoms with Gasteiger partial charge < -0.3 is 22.9 Å². The summed E-state index contributed by atoms with van der Waals surface area (Å²) in [6.07, 6.45) is 0. The first-order valence-corrected chi connectivity index (χ1v) is 3.45. The molecular weight excluding hydrogens is 201 g/mol. The van der Waals surface area contributed by atoms with Gasteiger partial charge in [0.2, 0.25) is 0 Å². The third-order valence-corrected chi connectivity index (χ3v) is 0.250. The average molecular weight is 213 g/mol. The van der Waals surface area contributed by atoms with Gasteiger partial charge in [-0.15, -0.1) is 0 Å². The van der Waals surface area contributed by atoms with Crippen LogP contribution in [0.1, 0.15) is 0 Å². The van der Waals surface area contributed by atoms with E-state index in [1.165, 1.54) is 0 Å². The fourth-order valence-electron chi connectivity index (χ4n) is 0. The van der Waals surface area contributed by atoms with Gasteiger partial charge in [0.1, 0.15) is 0 Å². The topological polar surface area (TPSA) is 95.2 Å². The van der Waals surface area contributed by atoms with Crippen molar-refractivity contribution in [3.8, 4) is 0 Å². The molecule has 11 heavy (non-hydrogen) atoms. The van der Waals surface area contributed by atoms with Crippen molar-refractivity contribution in [2.75, 3.05) is 26.2 Å². The van der Waals surface area contributed by atoms with Crippen molar-refractivity contribution < 1.29 is 22.8 Å². The minimum atomic E-state index is -1.56. The molecular formula is C4H12CoF2N4-4. The first-order chi connectivity index (χ1) is 5.24. The number of hydrogen-bond acceptors (Lipinski definition) is 0. The number of hydrogen-bond donors (Lipinski definition) is 0. The molecule has 4 nitrogen and oxygen atoms in total. The molecule has 0 aromatic carbocycles. The maximum atomic E-state index is 9.59. The number of nitrogens with one attached hydrogen (secondary N) is 4. The zero-order valence-electron chi connectivity index (χ0n) is 5.92. The molecule has 0 rings (SSSR count). The summed E-state index contributed by atoms with van der Waals surface area (Å²) in [5, 5.41) is 0. The van der Waals surface area contributed by atoms with E-state index in [1.807, 2.05) is 0 Å². The molecule has 7 heteroatoms. The molecule has 4 N–H and O–H groups in total. The van der Waals surface area contributed by atoms with Crippen molar-refractivity contribution >= 4 is 0 Å². The van der Waals surface area contributed by atoms with E-state index in [4.69, 9.17) is 22.9 Å². The van der Waals surface area contributed by atoms with E-state index in [1.54, 1.807) is 0 Å². The standard InChI is InChI=1S/2C2H6N2.Co.2FH/c2*3-1-2-4;;;/h2*3-4H,1-2H2;;2*1H/q2*-2;+2;;/p-2. The number of rotatable bonds is 2. The van der Waals surface area contributed by atoms with Crippen molar-refractivity contribution in [1.82, 2.24) is 0 Å². The molecule has 0 amide bonds. The van der Waals surface area contributed by atoms with Crippen LogP contribution in [0.15, 0.2) is 0 Å². The quantitative estimate of drug-likeness (QED) is 0.673. The first kappa shape index (κ1) is 17.3. The summed E-state index contributed by atoms with van der Waals surface area (Å²) in [6.45, 7) is 0.944. The molecule has 75 valence electrons. The Kier molecular flexibility index (Phi) is 50.3. The Morgan fingerprint density at radius 2 is 0.818 bits per heavy atom. The van der Waals surface area contributed by atoms with Gasteiger partial charge in [-0.3, -0.25) is 0 Å². The van der Waals surface area contributed by atoms with E-state index in [0.29, 0.717) is 0 Å². The Morgan fingerprint density at radius 3 is 0.818 bits per heavy atom. The molecule has 0 atom stereocenters. The van der Waals surface area contributed by atoms with E-state index in [-0.39, 0.29) is 26.2 Å². The smallest absolute Gasteiger partial charge is 0.171 e. The molecule has 0 spiro atoms. The summed E-state index contributed by atoms with van der Waals surface area (Å²) in [5.41, 5.74) is 25.1. The Bertz CT molecular complexity index is 35.3. The van der Waals surface area contributed by atoms with Crippen LogP contribution < -0.4 is 0 Å². The van der Waals surface area contributed by atoms with Crippen LogP contribution in [-0.2, 0) is 15.6 Å². The summed E-state index contributed by atoms with van der Waals surface area (Å²) < 4.78 is 19.2. The zero-order chi connectivity index (χ0) is 9.54. The van der Waals surface area contributed by atoms with E-state index in [2.05, 4.69) is 0 Å². The van der Waals surface area contributed by atoms with Gasteiger partial charge in [0.25, 0.3) is 0 Å². The predicted octanol–water partition coefficient (Wildman–Crippen LogP) is 3.02. The van der Waals surface area contributed by atoms with Crippen LogP contribution >= 0.6 is 0 Å². The van der Waals surface area contributed by atoms with Gasteiger partial charge in [-0.2, -0.15) is 26.2 Å². The number of halogens is 2. The molecule has 0 saturated carbocycles. The monoisotopic (exact) mass is 213 g/mol. The van der Waals surface area contributed by atoms with Crippen LogP contribution in [0.5, 0.6) is 0 Å². The minimum Gasteiger partial charge on any atom is -0.679 e. The van der Waals surface area contributed by atoms with Crippen molar-refractivity contribution in [3.63, 3.8) is 0 Å². The van der Waals surface area contributed by atoms with Crippen LogP contribution in [0.3, 0.4) is 0 Å². The van der Waals surface area contributed by atoms with E-state index in [9.17, 15) is 7.16 Å². The van der Waals surface area contributed by atoms with Crippen molar-refractivity contribution in [2.24, 2.45) is 0 Å². The van der Waals surface area contributed by atoms with Gasteiger partial charge in [-0.25, -0.2) is 0 Å². The van der Waals surface area contributed by atoms with Crippen LogP contribution in [0, 0.1) is 0 Å². The van der Waals surface area contributed by atoms with Crippen LogP contribution in [0.25, 0.3) is 22.9 Å². The molecule has 0 aromatic heterocycles. The van der Waals surface area contributed by atoms with Crippen molar-refractivity contribution in [1.29, 1.82) is 0 Å². The molecule has 0 aliphatic rings. The Hall–Kier alpha value is 0.206. The molecule has 0 aromatic rings. The van der Waals surface area contributed by atoms with Crippen molar-refractivity contribution in [3.05, 3.63) is 22.9 Å². The second-order valence-electron chi connectivity index (χ2n) is 1.05. The summed E-state index contributed by atoms with van der Waals surface area (Å²) in [7, 11) is 0. The molecule has 0 unspecified atom stereocenters. The van der Waals surface area contributed by atoms with Gasteiger partial charge in [0.05, 0.1) is 0 Å². The van der Waals surface area contributed by atoms with Crippen molar-refractivity contribution in [2.45, 2.75) is 0 Å². The summed E-state index contributed by atoms with van der Waals surface area (Å²) >= 11 is -1.56. The Balaban J connectivity index is -0.0000000886. The van der Waals surface area contributed by atoms with E-state index < -0.39 is 15.6 Å². The predicted molar refractivity (Wildman–Crippen MR) is 39.0 cm³/mol. The molecule has 0 bridgehead atoms. The van der Waals surface area contributed by atoms with Crippen LogP contribution in [-0.4, -0.2) is 26.2 Å². The molecule has 0 radical (unpaired) electrons. The molecule has 0 fully saturated rings. The fourth-order valence-corrected chi connectivity index (χ4v) is 0. The zero-order valence-corrected chi connectivity index (χ0v) is 6.96. The fraction of sp³-hybridized carbons (Fsp3) is 1.00. The largest absolute Gasteiger partial charge is 0.679 e. The van der Waals surface area contributed by atoms with E-state index >= 15 is 0 Å². The second-order valence-corrected chi connectivity index (χ2v) is 1.20. The van der Waals surface area contributed by atoms with Gasteiger partial charge in [0.15, 0.2) is 0 Å². The Morgan fingerprint density at radius 1 is 0.727 bits per heavy atom. The van der Waals surface area contributed by atoms with Gasteiger partial charge in [-0.1, -0.05) is 0 Å². The van der Waals surface area contributed by atoms with Gasteiger partial charge in [0, 0.05) is 0 Å². The summed E-state index contributed by atoms with van der Waals surface area (Å²) in [6, 6.07) is 0. The van der Waals surface area contributed by atoms with E-state index in [0.717, 1.165) is 0 Å². The second kappa shape index (κ2) is 31.9. The Labute approximate surface area is 72.5 Å². The third-order valence-electron chi connectivity index (χ3n) is 0.250. The third kappa shape index (κ3) is 141. The maximum Gasteiger partial charge on any atom is -0.171 e. The SMILES string of the molecule is [F][Co][F].[NH-]CC[NH-].[NH-]CC[NH-]. The average Bonchev–Trinajstić information content (AvgIpc) is 2.06. The normalized spacial score (nSPS) is 7.45. The summed E-state index contributed by atoms with van der Waals surface area (Å²) in [5.74, 6) is 0. The maximum absolute atomic E-state index is 9.59. The van der Waals surface area contributed by atoms with Gasteiger partial charge in [-0.05, 0) is 0 Å². The van der Waals surface area contributed by atoms with Crippen LogP contribution in [0.4, 0.5) is 7.16 Å². The molecule has 0 heterocycles. The summed E-state index contributed by atoms with van der Waals surface area (Å²) in [4.78, 5) is 0. The molecule has 0 saturated heterocycles. The first-order valence-electron chi connectivity index (χ1n) is 2.67. The van der Waals surface area contributed by atoms with Crippen LogP contribution in [0.2, 0.25) is 0 Å². The molecule has 0 aliphatic carbocycles. The molecule has 0 aliphatic heterocycles. The van der Waals surface area contributed by atoms with Gasteiger partial charge >= 0.3 is 22.8 Å². The minimum absolute atomic E-state index is 0.236.